The van der Waals surface area contributed by atoms with Crippen LogP contribution in [0.1, 0.15) is 31.1 Å². The highest BCUT2D eigenvalue weighted by Crippen LogP contribution is 2.38. The van der Waals surface area contributed by atoms with Crippen LogP contribution in [-0.2, 0) is 5.41 Å². The van der Waals surface area contributed by atoms with Crippen LogP contribution in [0.2, 0.25) is 5.02 Å². The summed E-state index contributed by atoms with van der Waals surface area (Å²) in [5.41, 5.74) is 1.47. The third-order valence-electron chi connectivity index (χ3n) is 3.69. The Morgan fingerprint density at radius 2 is 1.75 bits per heavy atom. The number of hydrogen-bond acceptors (Lipinski definition) is 2. The summed E-state index contributed by atoms with van der Waals surface area (Å²) in [6.45, 7) is 4.04. The lowest BCUT2D eigenvalue weighted by molar-refractivity contribution is 0.100. The molecule has 2 nitrogen and oxygen atoms in total. The highest BCUT2D eigenvalue weighted by Gasteiger charge is 2.31. The lowest BCUT2D eigenvalue weighted by atomic mass is 9.77. The molecular formula is C17H19ClO2. The van der Waals surface area contributed by atoms with Crippen LogP contribution in [0, 0.1) is 0 Å². The summed E-state index contributed by atoms with van der Waals surface area (Å²) in [5, 5.41) is 11.3. The van der Waals surface area contributed by atoms with Crippen LogP contribution in [-0.4, -0.2) is 12.2 Å². The van der Waals surface area contributed by atoms with Crippen LogP contribution < -0.4 is 4.74 Å². The predicted octanol–water partition coefficient (Wildman–Crippen LogP) is 4.36. The minimum Gasteiger partial charge on any atom is -0.495 e. The van der Waals surface area contributed by atoms with Crippen molar-refractivity contribution in [2.24, 2.45) is 0 Å². The third-order valence-corrected chi connectivity index (χ3v) is 4.00. The van der Waals surface area contributed by atoms with Gasteiger partial charge in [0.2, 0.25) is 0 Å². The summed E-state index contributed by atoms with van der Waals surface area (Å²) >= 11 is 6.03. The molecule has 0 saturated carbocycles. The van der Waals surface area contributed by atoms with Gasteiger partial charge in [0, 0.05) is 5.41 Å². The lowest BCUT2D eigenvalue weighted by Crippen LogP contribution is -2.26. The van der Waals surface area contributed by atoms with Gasteiger partial charge in [-0.25, -0.2) is 0 Å². The van der Waals surface area contributed by atoms with E-state index in [2.05, 4.69) is 0 Å². The van der Waals surface area contributed by atoms with Gasteiger partial charge in [0.15, 0.2) is 0 Å². The summed E-state index contributed by atoms with van der Waals surface area (Å²) in [6, 6.07) is 15.3. The van der Waals surface area contributed by atoms with E-state index in [1.807, 2.05) is 50.2 Å². The van der Waals surface area contributed by atoms with Crippen molar-refractivity contribution in [2.45, 2.75) is 25.4 Å². The second kappa shape index (κ2) is 5.86. The Balaban J connectivity index is 2.37. The van der Waals surface area contributed by atoms with Crippen LogP contribution in [0.15, 0.2) is 48.5 Å². The molecule has 3 heteroatoms. The van der Waals surface area contributed by atoms with Gasteiger partial charge in [0.25, 0.3) is 0 Å². The monoisotopic (exact) mass is 290 g/mol. The first kappa shape index (κ1) is 14.9. The number of rotatable bonds is 4. The summed E-state index contributed by atoms with van der Waals surface area (Å²) in [6.07, 6.45) is -0.643. The molecule has 106 valence electrons. The second-order valence-corrected chi connectivity index (χ2v) is 5.79. The quantitative estimate of drug-likeness (QED) is 0.906. The van der Waals surface area contributed by atoms with Gasteiger partial charge in [-0.05, 0) is 23.3 Å². The average molecular weight is 291 g/mol. The maximum absolute atomic E-state index is 10.7. The number of ether oxygens (including phenoxy) is 1. The zero-order chi connectivity index (χ0) is 14.8. The third kappa shape index (κ3) is 2.82. The maximum Gasteiger partial charge on any atom is 0.137 e. The molecule has 0 aromatic heterocycles. The Morgan fingerprint density at radius 1 is 1.10 bits per heavy atom. The Kier molecular flexibility index (Phi) is 4.36. The minimum absolute atomic E-state index is 0.403. The molecule has 2 rings (SSSR count). The number of benzene rings is 2. The number of hydrogen-bond donors (Lipinski definition) is 1. The Labute approximate surface area is 125 Å². The summed E-state index contributed by atoms with van der Waals surface area (Å²) in [4.78, 5) is 0. The highest BCUT2D eigenvalue weighted by atomic mass is 35.5. The number of methoxy groups -OCH3 is 1. The van der Waals surface area contributed by atoms with E-state index in [0.717, 1.165) is 11.1 Å². The van der Waals surface area contributed by atoms with Gasteiger partial charge in [-0.2, -0.15) is 0 Å². The largest absolute Gasteiger partial charge is 0.495 e. The molecule has 20 heavy (non-hydrogen) atoms. The van der Waals surface area contributed by atoms with E-state index in [0.29, 0.717) is 10.8 Å². The van der Waals surface area contributed by atoms with Crippen molar-refractivity contribution in [3.8, 4) is 5.75 Å². The molecule has 0 aliphatic heterocycles. The van der Waals surface area contributed by atoms with Gasteiger partial charge in [-0.3, -0.25) is 0 Å². The summed E-state index contributed by atoms with van der Waals surface area (Å²) < 4.78 is 5.21. The van der Waals surface area contributed by atoms with E-state index in [-0.39, 0.29) is 0 Å². The van der Waals surface area contributed by atoms with Crippen molar-refractivity contribution in [1.29, 1.82) is 0 Å². The average Bonchev–Trinajstić information content (AvgIpc) is 2.48. The van der Waals surface area contributed by atoms with Crippen LogP contribution >= 0.6 is 11.6 Å². The zero-order valence-corrected chi connectivity index (χ0v) is 12.7. The van der Waals surface area contributed by atoms with Gasteiger partial charge in [0.05, 0.1) is 18.2 Å². The summed E-state index contributed by atoms with van der Waals surface area (Å²) in [5.74, 6) is 0.576. The van der Waals surface area contributed by atoms with Crippen molar-refractivity contribution < 1.29 is 9.84 Å². The molecule has 1 atom stereocenters. The predicted molar refractivity (Wildman–Crippen MR) is 82.4 cm³/mol. The Bertz CT molecular complexity index is 579. The van der Waals surface area contributed by atoms with E-state index < -0.39 is 11.5 Å². The number of aliphatic hydroxyl groups is 1. The van der Waals surface area contributed by atoms with Crippen LogP contribution in [0.4, 0.5) is 0 Å². The van der Waals surface area contributed by atoms with Crippen LogP contribution in [0.5, 0.6) is 5.75 Å². The minimum atomic E-state index is -0.643. The fraction of sp³-hybridized carbons (Fsp3) is 0.294. The SMILES string of the molecule is COc1cc(C(O)C(C)(C)c2ccccc2)ccc1Cl. The molecule has 0 amide bonds. The molecule has 0 heterocycles. The van der Waals surface area contributed by atoms with Gasteiger partial charge in [-0.15, -0.1) is 0 Å². The van der Waals surface area contributed by atoms with Crippen molar-refractivity contribution in [2.75, 3.05) is 7.11 Å². The van der Waals surface area contributed by atoms with E-state index in [1.54, 1.807) is 19.2 Å². The molecule has 1 N–H and O–H groups in total. The van der Waals surface area contributed by atoms with Crippen molar-refractivity contribution >= 4 is 11.6 Å². The van der Waals surface area contributed by atoms with Crippen molar-refractivity contribution in [1.82, 2.24) is 0 Å². The van der Waals surface area contributed by atoms with Crippen molar-refractivity contribution in [3.05, 3.63) is 64.7 Å². The van der Waals surface area contributed by atoms with Crippen molar-refractivity contribution in [3.63, 3.8) is 0 Å². The fourth-order valence-corrected chi connectivity index (χ4v) is 2.48. The Hall–Kier alpha value is -1.51. The first-order valence-corrected chi connectivity index (χ1v) is 6.91. The lowest BCUT2D eigenvalue weighted by Gasteiger charge is -2.31. The normalized spacial score (nSPS) is 13.1. The first-order chi connectivity index (χ1) is 9.46. The second-order valence-electron chi connectivity index (χ2n) is 5.38. The van der Waals surface area contributed by atoms with E-state index >= 15 is 0 Å². The molecule has 0 spiro atoms. The fourth-order valence-electron chi connectivity index (χ4n) is 2.29. The number of halogens is 1. The molecule has 2 aromatic rings. The molecule has 0 saturated heterocycles. The molecule has 1 unspecified atom stereocenters. The number of aliphatic hydroxyl groups excluding tert-OH is 1. The van der Waals surface area contributed by atoms with Gasteiger partial charge < -0.3 is 9.84 Å². The topological polar surface area (TPSA) is 29.5 Å². The van der Waals surface area contributed by atoms with E-state index in [1.165, 1.54) is 0 Å². The van der Waals surface area contributed by atoms with Gasteiger partial charge in [-0.1, -0.05) is 61.8 Å². The smallest absolute Gasteiger partial charge is 0.137 e. The Morgan fingerprint density at radius 3 is 2.35 bits per heavy atom. The van der Waals surface area contributed by atoms with Gasteiger partial charge >= 0.3 is 0 Å². The summed E-state index contributed by atoms with van der Waals surface area (Å²) in [7, 11) is 1.57. The maximum atomic E-state index is 10.7. The van der Waals surface area contributed by atoms with Gasteiger partial charge in [0.1, 0.15) is 5.75 Å². The molecule has 0 aliphatic rings. The molecule has 0 radical (unpaired) electrons. The van der Waals surface area contributed by atoms with E-state index in [9.17, 15) is 5.11 Å². The van der Waals surface area contributed by atoms with Crippen LogP contribution in [0.25, 0.3) is 0 Å². The first-order valence-electron chi connectivity index (χ1n) is 6.54. The standard InChI is InChI=1S/C17H19ClO2/c1-17(2,13-7-5-4-6-8-13)16(19)12-9-10-14(18)15(11-12)20-3/h4-11,16,19H,1-3H3. The van der Waals surface area contributed by atoms with Crippen LogP contribution in [0.3, 0.4) is 0 Å². The molecule has 0 aliphatic carbocycles. The molecule has 2 aromatic carbocycles. The van der Waals surface area contributed by atoms with E-state index in [4.69, 9.17) is 16.3 Å². The molecule has 0 fully saturated rings. The zero-order valence-electron chi connectivity index (χ0n) is 11.9. The molecule has 0 bridgehead atoms. The highest BCUT2D eigenvalue weighted by molar-refractivity contribution is 6.32. The molecular weight excluding hydrogens is 272 g/mol.